The summed E-state index contributed by atoms with van der Waals surface area (Å²) in [6, 6.07) is 0.568. The molecule has 2 unspecified atom stereocenters. The Morgan fingerprint density at radius 1 is 1.33 bits per heavy atom. The van der Waals surface area contributed by atoms with Gasteiger partial charge in [-0.25, -0.2) is 0 Å². The summed E-state index contributed by atoms with van der Waals surface area (Å²) in [5.74, 6) is 1.41. The van der Waals surface area contributed by atoms with Crippen LogP contribution in [-0.4, -0.2) is 67.2 Å². The first kappa shape index (κ1) is 16.6. The van der Waals surface area contributed by atoms with Gasteiger partial charge in [0.2, 0.25) is 0 Å². The van der Waals surface area contributed by atoms with Crippen molar-refractivity contribution in [3.8, 4) is 0 Å². The highest BCUT2D eigenvalue weighted by atomic mass is 16.5. The van der Waals surface area contributed by atoms with E-state index in [4.69, 9.17) is 10.5 Å². The van der Waals surface area contributed by atoms with Gasteiger partial charge in [-0.05, 0) is 32.2 Å². The van der Waals surface area contributed by atoms with Crippen LogP contribution in [0.25, 0.3) is 0 Å². The van der Waals surface area contributed by atoms with Gasteiger partial charge in [-0.1, -0.05) is 20.3 Å². The Morgan fingerprint density at radius 2 is 2.14 bits per heavy atom. The van der Waals surface area contributed by atoms with E-state index in [2.05, 4.69) is 35.6 Å². The van der Waals surface area contributed by atoms with Crippen molar-refractivity contribution in [2.45, 2.75) is 52.2 Å². The second-order valence-corrected chi connectivity index (χ2v) is 6.86. The van der Waals surface area contributed by atoms with E-state index in [-0.39, 0.29) is 6.10 Å². The standard InChI is InChI=1S/C16H32N4O/c1-13(2)11-19-7-5-4-6-15(19)10-18-16(17)20-8-9-21-14(3)12-20/h13-15H,4-12H2,1-3H3,(H2,17,18). The molecule has 0 bridgehead atoms. The molecule has 0 saturated carbocycles. The molecule has 2 fully saturated rings. The van der Waals surface area contributed by atoms with E-state index in [0.29, 0.717) is 17.9 Å². The van der Waals surface area contributed by atoms with Gasteiger partial charge in [0.25, 0.3) is 0 Å². The Labute approximate surface area is 129 Å². The van der Waals surface area contributed by atoms with Crippen LogP contribution in [0.3, 0.4) is 0 Å². The normalized spacial score (nSPS) is 29.1. The lowest BCUT2D eigenvalue weighted by Crippen LogP contribution is -2.49. The van der Waals surface area contributed by atoms with E-state index in [1.807, 2.05) is 0 Å². The van der Waals surface area contributed by atoms with Gasteiger partial charge >= 0.3 is 0 Å². The van der Waals surface area contributed by atoms with Gasteiger partial charge in [-0.3, -0.25) is 9.89 Å². The molecule has 0 aliphatic carbocycles. The Balaban J connectivity index is 1.87. The summed E-state index contributed by atoms with van der Waals surface area (Å²) in [5.41, 5.74) is 6.18. The number of ether oxygens (including phenoxy) is 1. The zero-order valence-electron chi connectivity index (χ0n) is 13.9. The Bertz CT molecular complexity index is 345. The van der Waals surface area contributed by atoms with Crippen LogP contribution < -0.4 is 5.73 Å². The third-order valence-electron chi connectivity index (χ3n) is 4.38. The number of likely N-dealkylation sites (tertiary alicyclic amines) is 1. The number of hydrogen-bond acceptors (Lipinski definition) is 3. The number of piperidine rings is 1. The van der Waals surface area contributed by atoms with Gasteiger partial charge in [0.1, 0.15) is 0 Å². The molecule has 0 amide bonds. The molecule has 2 aliphatic rings. The van der Waals surface area contributed by atoms with Gasteiger partial charge in [0.05, 0.1) is 19.3 Å². The number of morpholine rings is 1. The summed E-state index contributed by atoms with van der Waals surface area (Å²) in [5, 5.41) is 0. The summed E-state index contributed by atoms with van der Waals surface area (Å²) in [6.07, 6.45) is 4.15. The van der Waals surface area contributed by atoms with Crippen LogP contribution in [0.5, 0.6) is 0 Å². The molecule has 0 spiro atoms. The minimum atomic E-state index is 0.250. The smallest absolute Gasteiger partial charge is 0.191 e. The highest BCUT2D eigenvalue weighted by molar-refractivity contribution is 5.78. The van der Waals surface area contributed by atoms with Crippen molar-refractivity contribution in [1.29, 1.82) is 0 Å². The molecule has 0 radical (unpaired) electrons. The molecular formula is C16H32N4O. The molecule has 2 saturated heterocycles. The van der Waals surface area contributed by atoms with Crippen LogP contribution in [0.2, 0.25) is 0 Å². The molecule has 2 aliphatic heterocycles. The number of guanidine groups is 1. The van der Waals surface area contributed by atoms with Crippen molar-refractivity contribution in [2.24, 2.45) is 16.6 Å². The molecule has 0 aromatic carbocycles. The van der Waals surface area contributed by atoms with E-state index in [1.165, 1.54) is 32.4 Å². The summed E-state index contributed by atoms with van der Waals surface area (Å²) >= 11 is 0. The number of rotatable bonds is 4. The summed E-state index contributed by atoms with van der Waals surface area (Å²) < 4.78 is 5.55. The molecule has 0 aromatic rings. The van der Waals surface area contributed by atoms with Crippen molar-refractivity contribution in [3.63, 3.8) is 0 Å². The molecule has 2 rings (SSSR count). The third-order valence-corrected chi connectivity index (χ3v) is 4.38. The summed E-state index contributed by atoms with van der Waals surface area (Å²) in [6.45, 7) is 12.4. The lowest BCUT2D eigenvalue weighted by atomic mass is 10.0. The predicted octanol–water partition coefficient (Wildman–Crippen LogP) is 1.53. The predicted molar refractivity (Wildman–Crippen MR) is 87.5 cm³/mol. The highest BCUT2D eigenvalue weighted by Crippen LogP contribution is 2.18. The Hall–Kier alpha value is -0.810. The maximum absolute atomic E-state index is 6.18. The number of nitrogens with zero attached hydrogens (tertiary/aromatic N) is 3. The van der Waals surface area contributed by atoms with Gasteiger partial charge < -0.3 is 15.4 Å². The second-order valence-electron chi connectivity index (χ2n) is 6.86. The lowest BCUT2D eigenvalue weighted by Gasteiger charge is -2.36. The molecule has 122 valence electrons. The minimum Gasteiger partial charge on any atom is -0.375 e. The molecule has 21 heavy (non-hydrogen) atoms. The quantitative estimate of drug-likeness (QED) is 0.631. The molecule has 5 heteroatoms. The van der Waals surface area contributed by atoms with Crippen LogP contribution in [0.1, 0.15) is 40.0 Å². The summed E-state index contributed by atoms with van der Waals surface area (Å²) in [4.78, 5) is 9.45. The molecular weight excluding hydrogens is 264 g/mol. The zero-order chi connectivity index (χ0) is 15.2. The maximum Gasteiger partial charge on any atom is 0.191 e. The average Bonchev–Trinajstić information content (AvgIpc) is 2.45. The van der Waals surface area contributed by atoms with E-state index in [9.17, 15) is 0 Å². The fourth-order valence-corrected chi connectivity index (χ4v) is 3.30. The first-order chi connectivity index (χ1) is 10.1. The topological polar surface area (TPSA) is 54.1 Å². The van der Waals surface area contributed by atoms with Crippen LogP contribution in [0.4, 0.5) is 0 Å². The van der Waals surface area contributed by atoms with Crippen LogP contribution >= 0.6 is 0 Å². The Kier molecular flexibility index (Phi) is 6.30. The first-order valence-electron chi connectivity index (χ1n) is 8.46. The van der Waals surface area contributed by atoms with Gasteiger partial charge in [-0.15, -0.1) is 0 Å². The van der Waals surface area contributed by atoms with Crippen molar-refractivity contribution >= 4 is 5.96 Å². The maximum atomic E-state index is 6.18. The largest absolute Gasteiger partial charge is 0.375 e. The molecule has 2 heterocycles. The molecule has 2 N–H and O–H groups in total. The van der Waals surface area contributed by atoms with Crippen molar-refractivity contribution in [3.05, 3.63) is 0 Å². The van der Waals surface area contributed by atoms with Gasteiger partial charge in [-0.2, -0.15) is 0 Å². The molecule has 5 nitrogen and oxygen atoms in total. The van der Waals surface area contributed by atoms with Gasteiger partial charge in [0, 0.05) is 25.7 Å². The Morgan fingerprint density at radius 3 is 2.86 bits per heavy atom. The van der Waals surface area contributed by atoms with E-state index in [1.54, 1.807) is 0 Å². The fraction of sp³-hybridized carbons (Fsp3) is 0.938. The van der Waals surface area contributed by atoms with E-state index >= 15 is 0 Å². The summed E-state index contributed by atoms with van der Waals surface area (Å²) in [7, 11) is 0. The van der Waals surface area contributed by atoms with Crippen LogP contribution in [0, 0.1) is 5.92 Å². The lowest BCUT2D eigenvalue weighted by molar-refractivity contribution is 0.00522. The number of aliphatic imine (C=N–C) groups is 1. The van der Waals surface area contributed by atoms with E-state index in [0.717, 1.165) is 26.2 Å². The van der Waals surface area contributed by atoms with Crippen molar-refractivity contribution in [2.75, 3.05) is 39.3 Å². The third kappa shape index (κ3) is 5.15. The van der Waals surface area contributed by atoms with Crippen LogP contribution in [0.15, 0.2) is 4.99 Å². The van der Waals surface area contributed by atoms with Crippen molar-refractivity contribution < 1.29 is 4.74 Å². The van der Waals surface area contributed by atoms with Crippen LogP contribution in [-0.2, 0) is 4.74 Å². The van der Waals surface area contributed by atoms with E-state index < -0.39 is 0 Å². The first-order valence-corrected chi connectivity index (χ1v) is 8.46. The van der Waals surface area contributed by atoms with Crippen molar-refractivity contribution in [1.82, 2.24) is 9.80 Å². The number of hydrogen-bond donors (Lipinski definition) is 1. The molecule has 2 atom stereocenters. The monoisotopic (exact) mass is 296 g/mol. The highest BCUT2D eigenvalue weighted by Gasteiger charge is 2.23. The minimum absolute atomic E-state index is 0.250. The molecule has 0 aromatic heterocycles. The van der Waals surface area contributed by atoms with Gasteiger partial charge in [0.15, 0.2) is 5.96 Å². The second kappa shape index (κ2) is 7.99. The SMILES string of the molecule is CC(C)CN1CCCCC1CN=C(N)N1CCOC(C)C1. The zero-order valence-corrected chi connectivity index (χ0v) is 13.9. The number of nitrogens with two attached hydrogens (primary N) is 1. The fourth-order valence-electron chi connectivity index (χ4n) is 3.30. The average molecular weight is 296 g/mol.